The standard InChI is InChI=1S/C16H23N3O/c17-13-3-1-4-14(10-13)18-16(20)5-2-8-19-11-12-6-7-15(19)9-12/h1,3-4,10,12,15H,2,5-9,11,17H2,(H,18,20). The first kappa shape index (κ1) is 13.4. The van der Waals surface area contributed by atoms with Gasteiger partial charge in [-0.05, 0) is 56.3 Å². The van der Waals surface area contributed by atoms with Crippen LogP contribution in [0.25, 0.3) is 0 Å². The molecule has 0 radical (unpaired) electrons. The van der Waals surface area contributed by atoms with Gasteiger partial charge in [-0.2, -0.15) is 0 Å². The van der Waals surface area contributed by atoms with Gasteiger partial charge < -0.3 is 16.0 Å². The third-order valence-corrected chi connectivity index (χ3v) is 4.54. The number of fused-ring (bicyclic) bond motifs is 2. The number of hydrogen-bond donors (Lipinski definition) is 2. The summed E-state index contributed by atoms with van der Waals surface area (Å²) in [4.78, 5) is 14.5. The lowest BCUT2D eigenvalue weighted by Crippen LogP contribution is -2.33. The molecule has 2 atom stereocenters. The molecule has 1 aliphatic carbocycles. The summed E-state index contributed by atoms with van der Waals surface area (Å²) in [6.45, 7) is 2.31. The van der Waals surface area contributed by atoms with Gasteiger partial charge in [0, 0.05) is 30.4 Å². The summed E-state index contributed by atoms with van der Waals surface area (Å²) >= 11 is 0. The molecule has 2 aliphatic rings. The van der Waals surface area contributed by atoms with E-state index in [2.05, 4.69) is 10.2 Å². The van der Waals surface area contributed by atoms with Gasteiger partial charge in [0.25, 0.3) is 0 Å². The zero-order valence-electron chi connectivity index (χ0n) is 11.8. The monoisotopic (exact) mass is 273 g/mol. The van der Waals surface area contributed by atoms with Crippen molar-refractivity contribution >= 4 is 17.3 Å². The van der Waals surface area contributed by atoms with Crippen molar-refractivity contribution in [2.45, 2.75) is 38.1 Å². The Morgan fingerprint density at radius 3 is 3.00 bits per heavy atom. The third kappa shape index (κ3) is 3.12. The molecule has 0 spiro atoms. The van der Waals surface area contributed by atoms with Crippen LogP contribution in [-0.2, 0) is 4.79 Å². The zero-order valence-corrected chi connectivity index (χ0v) is 11.8. The number of rotatable bonds is 5. The molecule has 0 aromatic heterocycles. The number of nitrogen functional groups attached to an aromatic ring is 1. The van der Waals surface area contributed by atoms with E-state index in [0.717, 1.165) is 30.6 Å². The van der Waals surface area contributed by atoms with Crippen molar-refractivity contribution in [3.63, 3.8) is 0 Å². The third-order valence-electron chi connectivity index (χ3n) is 4.54. The maximum Gasteiger partial charge on any atom is 0.224 e. The van der Waals surface area contributed by atoms with Crippen LogP contribution in [-0.4, -0.2) is 29.9 Å². The number of piperidine rings is 1. The molecule has 1 amide bonds. The summed E-state index contributed by atoms with van der Waals surface area (Å²) in [5.41, 5.74) is 7.16. The zero-order chi connectivity index (χ0) is 13.9. The number of carbonyl (C=O) groups is 1. The molecule has 4 nitrogen and oxygen atoms in total. The summed E-state index contributed by atoms with van der Waals surface area (Å²) in [6.07, 6.45) is 5.69. The van der Waals surface area contributed by atoms with E-state index in [1.54, 1.807) is 6.07 Å². The van der Waals surface area contributed by atoms with Gasteiger partial charge in [-0.1, -0.05) is 6.07 Å². The maximum absolute atomic E-state index is 11.9. The van der Waals surface area contributed by atoms with E-state index in [1.807, 2.05) is 18.2 Å². The summed E-state index contributed by atoms with van der Waals surface area (Å²) in [5.74, 6) is 1.01. The Morgan fingerprint density at radius 1 is 1.40 bits per heavy atom. The highest BCUT2D eigenvalue weighted by molar-refractivity contribution is 5.91. The predicted octanol–water partition coefficient (Wildman–Crippen LogP) is 2.47. The number of likely N-dealkylation sites (tertiary alicyclic amines) is 1. The maximum atomic E-state index is 11.9. The van der Waals surface area contributed by atoms with Crippen LogP contribution in [0.4, 0.5) is 11.4 Å². The topological polar surface area (TPSA) is 58.4 Å². The molecule has 1 heterocycles. The van der Waals surface area contributed by atoms with Crippen molar-refractivity contribution in [2.24, 2.45) is 5.92 Å². The molecule has 20 heavy (non-hydrogen) atoms. The summed E-state index contributed by atoms with van der Waals surface area (Å²) in [5, 5.41) is 2.90. The normalized spacial score (nSPS) is 25.0. The van der Waals surface area contributed by atoms with E-state index in [9.17, 15) is 4.79 Å². The molecule has 1 aromatic carbocycles. The van der Waals surface area contributed by atoms with Gasteiger partial charge in [0.1, 0.15) is 0 Å². The lowest BCUT2D eigenvalue weighted by atomic mass is 10.1. The van der Waals surface area contributed by atoms with E-state index < -0.39 is 0 Å². The lowest BCUT2D eigenvalue weighted by Gasteiger charge is -2.26. The second kappa shape index (κ2) is 5.83. The molecule has 1 saturated carbocycles. The Hall–Kier alpha value is -1.55. The first-order valence-corrected chi connectivity index (χ1v) is 7.60. The second-order valence-corrected chi connectivity index (χ2v) is 6.11. The molecule has 1 aliphatic heterocycles. The van der Waals surface area contributed by atoms with Crippen LogP contribution in [0.2, 0.25) is 0 Å². The van der Waals surface area contributed by atoms with E-state index in [-0.39, 0.29) is 5.91 Å². The molecular formula is C16H23N3O. The van der Waals surface area contributed by atoms with Crippen molar-refractivity contribution < 1.29 is 4.79 Å². The number of nitrogens with zero attached hydrogens (tertiary/aromatic N) is 1. The molecule has 2 bridgehead atoms. The number of hydrogen-bond acceptors (Lipinski definition) is 3. The molecule has 108 valence electrons. The van der Waals surface area contributed by atoms with Gasteiger partial charge in [-0.25, -0.2) is 0 Å². The summed E-state index contributed by atoms with van der Waals surface area (Å²) in [6, 6.07) is 8.13. The van der Waals surface area contributed by atoms with Crippen LogP contribution in [0.15, 0.2) is 24.3 Å². The highest BCUT2D eigenvalue weighted by atomic mass is 16.1. The quantitative estimate of drug-likeness (QED) is 0.810. The van der Waals surface area contributed by atoms with Crippen molar-refractivity contribution in [3.05, 3.63) is 24.3 Å². The van der Waals surface area contributed by atoms with Crippen LogP contribution in [0.3, 0.4) is 0 Å². The number of anilines is 2. The van der Waals surface area contributed by atoms with Gasteiger partial charge in [0.15, 0.2) is 0 Å². The van der Waals surface area contributed by atoms with Crippen molar-refractivity contribution in [1.29, 1.82) is 0 Å². The van der Waals surface area contributed by atoms with Gasteiger partial charge in [0.05, 0.1) is 0 Å². The van der Waals surface area contributed by atoms with Crippen LogP contribution >= 0.6 is 0 Å². The molecule has 2 unspecified atom stereocenters. The van der Waals surface area contributed by atoms with Crippen molar-refractivity contribution in [1.82, 2.24) is 4.90 Å². The Labute approximate surface area is 120 Å². The predicted molar refractivity (Wildman–Crippen MR) is 81.4 cm³/mol. The molecule has 3 rings (SSSR count). The Bertz CT molecular complexity index is 488. The highest BCUT2D eigenvalue weighted by Crippen LogP contribution is 2.37. The largest absolute Gasteiger partial charge is 0.399 e. The molecule has 4 heteroatoms. The number of carbonyl (C=O) groups excluding carboxylic acids is 1. The summed E-state index contributed by atoms with van der Waals surface area (Å²) < 4.78 is 0. The Morgan fingerprint density at radius 2 is 2.30 bits per heavy atom. The first-order valence-electron chi connectivity index (χ1n) is 7.60. The fraction of sp³-hybridized carbons (Fsp3) is 0.562. The fourth-order valence-corrected chi connectivity index (χ4v) is 3.58. The molecule has 1 saturated heterocycles. The van der Waals surface area contributed by atoms with E-state index in [4.69, 9.17) is 5.73 Å². The number of nitrogens with two attached hydrogens (primary N) is 1. The highest BCUT2D eigenvalue weighted by Gasteiger charge is 2.36. The van der Waals surface area contributed by atoms with E-state index >= 15 is 0 Å². The number of amides is 1. The Balaban J connectivity index is 1.39. The average molecular weight is 273 g/mol. The minimum absolute atomic E-state index is 0.0833. The summed E-state index contributed by atoms with van der Waals surface area (Å²) in [7, 11) is 0. The van der Waals surface area contributed by atoms with Gasteiger partial charge in [0.2, 0.25) is 5.91 Å². The molecule has 2 fully saturated rings. The number of benzene rings is 1. The SMILES string of the molecule is Nc1cccc(NC(=O)CCCN2CC3CCC2C3)c1. The van der Waals surface area contributed by atoms with Crippen molar-refractivity contribution in [3.8, 4) is 0 Å². The lowest BCUT2D eigenvalue weighted by molar-refractivity contribution is -0.116. The van der Waals surface area contributed by atoms with E-state index in [1.165, 1.54) is 25.8 Å². The van der Waals surface area contributed by atoms with Crippen LogP contribution in [0.5, 0.6) is 0 Å². The van der Waals surface area contributed by atoms with E-state index in [0.29, 0.717) is 12.1 Å². The molecule has 1 aromatic rings. The second-order valence-electron chi connectivity index (χ2n) is 6.11. The van der Waals surface area contributed by atoms with Crippen LogP contribution < -0.4 is 11.1 Å². The Kier molecular flexibility index (Phi) is 3.92. The number of nitrogens with one attached hydrogen (secondary N) is 1. The van der Waals surface area contributed by atoms with Crippen LogP contribution in [0.1, 0.15) is 32.1 Å². The average Bonchev–Trinajstić information content (AvgIpc) is 3.01. The van der Waals surface area contributed by atoms with Crippen LogP contribution in [0, 0.1) is 5.92 Å². The van der Waals surface area contributed by atoms with Gasteiger partial charge >= 0.3 is 0 Å². The smallest absolute Gasteiger partial charge is 0.224 e. The molecular weight excluding hydrogens is 250 g/mol. The van der Waals surface area contributed by atoms with Crippen molar-refractivity contribution in [2.75, 3.05) is 24.1 Å². The molecule has 3 N–H and O–H groups in total. The minimum Gasteiger partial charge on any atom is -0.399 e. The first-order chi connectivity index (χ1) is 9.70. The fourth-order valence-electron chi connectivity index (χ4n) is 3.58. The van der Waals surface area contributed by atoms with Gasteiger partial charge in [-0.15, -0.1) is 0 Å². The minimum atomic E-state index is 0.0833. The van der Waals surface area contributed by atoms with Gasteiger partial charge in [-0.3, -0.25) is 4.79 Å².